The zero-order valence-corrected chi connectivity index (χ0v) is 12.7. The van der Waals surface area contributed by atoms with Gasteiger partial charge < -0.3 is 10.6 Å². The van der Waals surface area contributed by atoms with Gasteiger partial charge in [0, 0.05) is 11.7 Å². The Hall–Kier alpha value is -1.51. The van der Waals surface area contributed by atoms with Gasteiger partial charge in [0.15, 0.2) is 0 Å². The molecule has 1 aliphatic carbocycles. The molecular weight excluding hydrogens is 248 g/mol. The SMILES string of the molecule is Cc1ccc(C)c(NCC(=O)NC2CCCCCC2)c1. The number of aryl methyl sites for hydroxylation is 2. The van der Waals surface area contributed by atoms with E-state index in [1.807, 2.05) is 0 Å². The highest BCUT2D eigenvalue weighted by atomic mass is 16.1. The van der Waals surface area contributed by atoms with E-state index in [2.05, 4.69) is 42.7 Å². The number of benzene rings is 1. The van der Waals surface area contributed by atoms with Crippen LogP contribution in [0.25, 0.3) is 0 Å². The van der Waals surface area contributed by atoms with E-state index in [1.54, 1.807) is 0 Å². The summed E-state index contributed by atoms with van der Waals surface area (Å²) in [5.74, 6) is 0.109. The third-order valence-corrected chi connectivity index (χ3v) is 4.05. The number of hydrogen-bond donors (Lipinski definition) is 2. The summed E-state index contributed by atoms with van der Waals surface area (Å²) < 4.78 is 0. The van der Waals surface area contributed by atoms with Crippen LogP contribution >= 0.6 is 0 Å². The first kappa shape index (κ1) is 14.9. The second-order valence-corrected chi connectivity index (χ2v) is 5.93. The molecule has 0 atom stereocenters. The van der Waals surface area contributed by atoms with Gasteiger partial charge in [-0.25, -0.2) is 0 Å². The summed E-state index contributed by atoms with van der Waals surface area (Å²) in [6.45, 7) is 4.49. The minimum absolute atomic E-state index is 0.109. The van der Waals surface area contributed by atoms with Crippen LogP contribution in [0.4, 0.5) is 5.69 Å². The molecule has 0 spiro atoms. The van der Waals surface area contributed by atoms with Crippen LogP contribution in [0.2, 0.25) is 0 Å². The topological polar surface area (TPSA) is 41.1 Å². The number of amides is 1. The molecule has 0 aromatic heterocycles. The molecule has 0 unspecified atom stereocenters. The van der Waals surface area contributed by atoms with E-state index in [0.29, 0.717) is 12.6 Å². The van der Waals surface area contributed by atoms with Crippen molar-refractivity contribution in [3.8, 4) is 0 Å². The van der Waals surface area contributed by atoms with Crippen LogP contribution in [0.15, 0.2) is 18.2 Å². The molecule has 2 N–H and O–H groups in total. The standard InChI is InChI=1S/C17H26N2O/c1-13-9-10-14(2)16(11-13)18-12-17(20)19-15-7-5-3-4-6-8-15/h9-11,15,18H,3-8,12H2,1-2H3,(H,19,20). The van der Waals surface area contributed by atoms with Gasteiger partial charge in [-0.1, -0.05) is 37.8 Å². The maximum absolute atomic E-state index is 12.0. The van der Waals surface area contributed by atoms with Gasteiger partial charge in [-0.3, -0.25) is 4.79 Å². The van der Waals surface area contributed by atoms with Crippen LogP contribution in [-0.4, -0.2) is 18.5 Å². The summed E-state index contributed by atoms with van der Waals surface area (Å²) in [5, 5.41) is 6.41. The third kappa shape index (κ3) is 4.55. The highest BCUT2D eigenvalue weighted by molar-refractivity contribution is 5.81. The van der Waals surface area contributed by atoms with E-state index >= 15 is 0 Å². The van der Waals surface area contributed by atoms with Gasteiger partial charge in [-0.2, -0.15) is 0 Å². The van der Waals surface area contributed by atoms with E-state index < -0.39 is 0 Å². The number of hydrogen-bond acceptors (Lipinski definition) is 2. The Morgan fingerprint density at radius 1 is 1.15 bits per heavy atom. The van der Waals surface area contributed by atoms with Crippen molar-refractivity contribution in [3.63, 3.8) is 0 Å². The van der Waals surface area contributed by atoms with Gasteiger partial charge in [-0.05, 0) is 43.9 Å². The van der Waals surface area contributed by atoms with Gasteiger partial charge in [-0.15, -0.1) is 0 Å². The molecule has 0 radical (unpaired) electrons. The Labute approximate surface area is 122 Å². The highest BCUT2D eigenvalue weighted by Crippen LogP contribution is 2.18. The predicted molar refractivity (Wildman–Crippen MR) is 84.0 cm³/mol. The molecule has 2 rings (SSSR count). The quantitative estimate of drug-likeness (QED) is 0.824. The molecule has 1 amide bonds. The maximum atomic E-state index is 12.0. The summed E-state index contributed by atoms with van der Waals surface area (Å²) in [5.41, 5.74) is 3.45. The number of nitrogens with one attached hydrogen (secondary N) is 2. The lowest BCUT2D eigenvalue weighted by atomic mass is 10.1. The Morgan fingerprint density at radius 3 is 2.55 bits per heavy atom. The molecule has 0 saturated heterocycles. The van der Waals surface area contributed by atoms with Gasteiger partial charge in [0.05, 0.1) is 6.54 Å². The number of carbonyl (C=O) groups excluding carboxylic acids is 1. The minimum Gasteiger partial charge on any atom is -0.376 e. The van der Waals surface area contributed by atoms with Crippen LogP contribution in [-0.2, 0) is 4.79 Å². The second kappa shape index (κ2) is 7.32. The molecule has 0 heterocycles. The van der Waals surface area contributed by atoms with E-state index in [4.69, 9.17) is 0 Å². The van der Waals surface area contributed by atoms with Crippen LogP contribution in [0.1, 0.15) is 49.7 Å². The first-order chi connectivity index (χ1) is 9.65. The molecule has 1 aliphatic rings. The average Bonchev–Trinajstić information content (AvgIpc) is 2.68. The largest absolute Gasteiger partial charge is 0.376 e. The van der Waals surface area contributed by atoms with Crippen molar-refractivity contribution in [2.45, 2.75) is 58.4 Å². The molecular formula is C17H26N2O. The molecule has 0 aliphatic heterocycles. The minimum atomic E-state index is 0.109. The monoisotopic (exact) mass is 274 g/mol. The Morgan fingerprint density at radius 2 is 1.85 bits per heavy atom. The number of rotatable bonds is 4. The van der Waals surface area contributed by atoms with Crippen molar-refractivity contribution in [1.82, 2.24) is 5.32 Å². The van der Waals surface area contributed by atoms with Crippen molar-refractivity contribution < 1.29 is 4.79 Å². The first-order valence-corrected chi connectivity index (χ1v) is 7.75. The maximum Gasteiger partial charge on any atom is 0.239 e. The van der Waals surface area contributed by atoms with Crippen LogP contribution in [0.3, 0.4) is 0 Å². The molecule has 0 bridgehead atoms. The molecule has 1 aromatic carbocycles. The predicted octanol–water partition coefficient (Wildman–Crippen LogP) is 3.55. The fraction of sp³-hybridized carbons (Fsp3) is 0.588. The number of anilines is 1. The smallest absolute Gasteiger partial charge is 0.239 e. The molecule has 3 heteroatoms. The molecule has 20 heavy (non-hydrogen) atoms. The molecule has 1 saturated carbocycles. The lowest BCUT2D eigenvalue weighted by molar-refractivity contribution is -0.120. The van der Waals surface area contributed by atoms with Gasteiger partial charge in [0.2, 0.25) is 5.91 Å². The lowest BCUT2D eigenvalue weighted by Gasteiger charge is -2.17. The van der Waals surface area contributed by atoms with Gasteiger partial charge >= 0.3 is 0 Å². The van der Waals surface area contributed by atoms with Crippen molar-refractivity contribution in [2.24, 2.45) is 0 Å². The van der Waals surface area contributed by atoms with E-state index in [-0.39, 0.29) is 5.91 Å². The lowest BCUT2D eigenvalue weighted by Crippen LogP contribution is -2.38. The summed E-state index contributed by atoms with van der Waals surface area (Å²) in [4.78, 5) is 12.0. The van der Waals surface area contributed by atoms with Crippen LogP contribution in [0.5, 0.6) is 0 Å². The Bertz CT molecular complexity index is 448. The van der Waals surface area contributed by atoms with Crippen LogP contribution < -0.4 is 10.6 Å². The zero-order chi connectivity index (χ0) is 14.4. The van der Waals surface area contributed by atoms with Crippen molar-refractivity contribution in [1.29, 1.82) is 0 Å². The summed E-state index contributed by atoms with van der Waals surface area (Å²) in [7, 11) is 0. The Balaban J connectivity index is 1.81. The van der Waals surface area contributed by atoms with E-state index in [1.165, 1.54) is 36.8 Å². The summed E-state index contributed by atoms with van der Waals surface area (Å²) in [6, 6.07) is 6.65. The zero-order valence-electron chi connectivity index (χ0n) is 12.7. The first-order valence-electron chi connectivity index (χ1n) is 7.75. The van der Waals surface area contributed by atoms with E-state index in [9.17, 15) is 4.79 Å². The van der Waals surface area contributed by atoms with Crippen LogP contribution in [0, 0.1) is 13.8 Å². The molecule has 1 fully saturated rings. The fourth-order valence-corrected chi connectivity index (χ4v) is 2.80. The van der Waals surface area contributed by atoms with Crippen molar-refractivity contribution in [3.05, 3.63) is 29.3 Å². The third-order valence-electron chi connectivity index (χ3n) is 4.05. The fourth-order valence-electron chi connectivity index (χ4n) is 2.80. The van der Waals surface area contributed by atoms with Gasteiger partial charge in [0.1, 0.15) is 0 Å². The molecule has 3 nitrogen and oxygen atoms in total. The normalized spacial score (nSPS) is 16.5. The molecule has 1 aromatic rings. The molecule has 110 valence electrons. The van der Waals surface area contributed by atoms with Crippen molar-refractivity contribution >= 4 is 11.6 Å². The van der Waals surface area contributed by atoms with Gasteiger partial charge in [0.25, 0.3) is 0 Å². The number of carbonyl (C=O) groups is 1. The average molecular weight is 274 g/mol. The van der Waals surface area contributed by atoms with E-state index in [0.717, 1.165) is 18.5 Å². The Kier molecular flexibility index (Phi) is 5.45. The second-order valence-electron chi connectivity index (χ2n) is 5.93. The summed E-state index contributed by atoms with van der Waals surface area (Å²) >= 11 is 0. The van der Waals surface area contributed by atoms with Crippen molar-refractivity contribution in [2.75, 3.05) is 11.9 Å². The highest BCUT2D eigenvalue weighted by Gasteiger charge is 2.14. The summed E-state index contributed by atoms with van der Waals surface area (Å²) in [6.07, 6.45) is 7.38.